The molecule has 1 aromatic rings. The SMILES string of the molecule is CCOC(=O)NC(=N)c1ccc(C(=O)CCC(=O)N2CCC(OCC(=O)O)CC2)cc1. The number of nitrogens with one attached hydrogen (secondary N) is 2. The minimum Gasteiger partial charge on any atom is -0.480 e. The van der Waals surface area contributed by atoms with Crippen LogP contribution in [0.25, 0.3) is 0 Å². The first-order valence-corrected chi connectivity index (χ1v) is 10.1. The molecule has 2 rings (SSSR count). The van der Waals surface area contributed by atoms with Crippen LogP contribution < -0.4 is 5.32 Å². The summed E-state index contributed by atoms with van der Waals surface area (Å²) in [6.45, 7) is 2.46. The van der Waals surface area contributed by atoms with Gasteiger partial charge in [0.05, 0.1) is 12.7 Å². The molecule has 0 unspecified atom stereocenters. The molecule has 1 heterocycles. The van der Waals surface area contributed by atoms with E-state index in [2.05, 4.69) is 5.32 Å². The zero-order chi connectivity index (χ0) is 22.8. The minimum absolute atomic E-state index is 0.0617. The van der Waals surface area contributed by atoms with Crippen molar-refractivity contribution >= 4 is 29.6 Å². The maximum atomic E-state index is 12.4. The molecule has 0 atom stereocenters. The highest BCUT2D eigenvalue weighted by Gasteiger charge is 2.24. The van der Waals surface area contributed by atoms with E-state index >= 15 is 0 Å². The van der Waals surface area contributed by atoms with Crippen molar-refractivity contribution < 1.29 is 33.8 Å². The van der Waals surface area contributed by atoms with E-state index in [4.69, 9.17) is 20.0 Å². The molecule has 31 heavy (non-hydrogen) atoms. The monoisotopic (exact) mass is 433 g/mol. The number of carboxylic acids is 1. The number of ketones is 1. The van der Waals surface area contributed by atoms with Crippen molar-refractivity contribution in [3.63, 3.8) is 0 Å². The fourth-order valence-electron chi connectivity index (χ4n) is 3.15. The summed E-state index contributed by atoms with van der Waals surface area (Å²) in [5.41, 5.74) is 0.843. The standard InChI is InChI=1S/C21H27N3O7/c1-2-30-21(29)23-20(22)15-5-3-14(4-6-15)17(25)7-8-18(26)24-11-9-16(10-12-24)31-13-19(27)28/h3-6,16H,2,7-13H2,1H3,(H,27,28)(H2,22,23,29). The summed E-state index contributed by atoms with van der Waals surface area (Å²) in [7, 11) is 0. The lowest BCUT2D eigenvalue weighted by Crippen LogP contribution is -2.41. The number of amides is 2. The first-order valence-electron chi connectivity index (χ1n) is 10.1. The molecule has 0 aliphatic carbocycles. The predicted molar refractivity (Wildman–Crippen MR) is 110 cm³/mol. The van der Waals surface area contributed by atoms with Crippen LogP contribution in [-0.2, 0) is 19.1 Å². The number of piperidine rings is 1. The van der Waals surface area contributed by atoms with Gasteiger partial charge in [0.25, 0.3) is 0 Å². The van der Waals surface area contributed by atoms with E-state index in [-0.39, 0.29) is 49.7 Å². The van der Waals surface area contributed by atoms with Gasteiger partial charge in [-0.3, -0.25) is 20.3 Å². The second-order valence-electron chi connectivity index (χ2n) is 7.01. The van der Waals surface area contributed by atoms with Crippen LogP contribution in [0.1, 0.15) is 48.5 Å². The topological polar surface area (TPSA) is 146 Å². The van der Waals surface area contributed by atoms with Crippen molar-refractivity contribution in [1.29, 1.82) is 5.41 Å². The van der Waals surface area contributed by atoms with Crippen molar-refractivity contribution in [3.05, 3.63) is 35.4 Å². The quantitative estimate of drug-likeness (QED) is 0.306. The van der Waals surface area contributed by atoms with E-state index in [0.717, 1.165) is 0 Å². The summed E-state index contributed by atoms with van der Waals surface area (Å²) >= 11 is 0. The average molecular weight is 433 g/mol. The third kappa shape index (κ3) is 7.82. The van der Waals surface area contributed by atoms with Gasteiger partial charge < -0.3 is 19.5 Å². The van der Waals surface area contributed by atoms with Gasteiger partial charge in [0, 0.05) is 37.1 Å². The number of carbonyl (C=O) groups is 4. The lowest BCUT2D eigenvalue weighted by Gasteiger charge is -2.31. The number of alkyl carbamates (subject to hydrolysis) is 1. The number of nitrogens with zero attached hydrogens (tertiary/aromatic N) is 1. The Labute approximate surface area is 180 Å². The molecular weight excluding hydrogens is 406 g/mol. The van der Waals surface area contributed by atoms with Gasteiger partial charge in [0.1, 0.15) is 12.4 Å². The Balaban J connectivity index is 1.77. The molecule has 10 heteroatoms. The van der Waals surface area contributed by atoms with Gasteiger partial charge in [-0.05, 0) is 19.8 Å². The number of amidine groups is 1. The number of hydrogen-bond donors (Lipinski definition) is 3. The number of rotatable bonds is 9. The van der Waals surface area contributed by atoms with Crippen molar-refractivity contribution in [2.75, 3.05) is 26.3 Å². The lowest BCUT2D eigenvalue weighted by atomic mass is 10.0. The molecule has 168 valence electrons. The van der Waals surface area contributed by atoms with Gasteiger partial charge >= 0.3 is 12.1 Å². The highest BCUT2D eigenvalue weighted by molar-refractivity contribution is 6.05. The second-order valence-corrected chi connectivity index (χ2v) is 7.01. The van der Waals surface area contributed by atoms with E-state index in [9.17, 15) is 19.2 Å². The highest BCUT2D eigenvalue weighted by Crippen LogP contribution is 2.16. The van der Waals surface area contributed by atoms with E-state index in [1.165, 1.54) is 0 Å². The molecule has 0 saturated carbocycles. The highest BCUT2D eigenvalue weighted by atomic mass is 16.5. The average Bonchev–Trinajstić information content (AvgIpc) is 2.76. The molecule has 0 radical (unpaired) electrons. The number of benzene rings is 1. The van der Waals surface area contributed by atoms with Crippen LogP contribution in [0.4, 0.5) is 4.79 Å². The fourth-order valence-corrected chi connectivity index (χ4v) is 3.15. The fraction of sp³-hybridized carbons (Fsp3) is 0.476. The third-order valence-electron chi connectivity index (χ3n) is 4.80. The first kappa shape index (κ1) is 24.0. The molecule has 2 amide bonds. The van der Waals surface area contributed by atoms with Crippen LogP contribution in [0, 0.1) is 5.41 Å². The summed E-state index contributed by atoms with van der Waals surface area (Å²) in [5, 5.41) is 18.8. The Kier molecular flexibility index (Phi) is 9.13. The molecule has 1 saturated heterocycles. The van der Waals surface area contributed by atoms with Crippen molar-refractivity contribution in [2.24, 2.45) is 0 Å². The Hall–Kier alpha value is -3.27. The van der Waals surface area contributed by atoms with Crippen LogP contribution in [0.15, 0.2) is 24.3 Å². The maximum absolute atomic E-state index is 12.4. The number of likely N-dealkylation sites (tertiary alicyclic amines) is 1. The van der Waals surface area contributed by atoms with E-state index < -0.39 is 12.1 Å². The van der Waals surface area contributed by atoms with Gasteiger partial charge in [-0.1, -0.05) is 24.3 Å². The van der Waals surface area contributed by atoms with Gasteiger partial charge in [-0.2, -0.15) is 0 Å². The molecule has 1 aliphatic heterocycles. The van der Waals surface area contributed by atoms with E-state index in [1.54, 1.807) is 36.1 Å². The normalized spacial score (nSPS) is 14.0. The minimum atomic E-state index is -1.02. The van der Waals surface area contributed by atoms with Gasteiger partial charge in [0.2, 0.25) is 5.91 Å². The zero-order valence-electron chi connectivity index (χ0n) is 17.4. The van der Waals surface area contributed by atoms with E-state index in [0.29, 0.717) is 37.1 Å². The third-order valence-corrected chi connectivity index (χ3v) is 4.80. The predicted octanol–water partition coefficient (Wildman–Crippen LogP) is 1.81. The molecule has 1 aromatic carbocycles. The number of aliphatic carboxylic acids is 1. The zero-order valence-corrected chi connectivity index (χ0v) is 17.4. The molecule has 0 aromatic heterocycles. The van der Waals surface area contributed by atoms with Crippen molar-refractivity contribution in [2.45, 2.75) is 38.7 Å². The Bertz CT molecular complexity index is 815. The van der Waals surface area contributed by atoms with Crippen molar-refractivity contribution in [1.82, 2.24) is 10.2 Å². The molecule has 1 fully saturated rings. The number of carboxylic acid groups (broad SMARTS) is 1. The summed E-state index contributed by atoms with van der Waals surface area (Å²) in [5.74, 6) is -1.47. The lowest BCUT2D eigenvalue weighted by molar-refractivity contribution is -0.146. The van der Waals surface area contributed by atoms with Crippen LogP contribution in [0.2, 0.25) is 0 Å². The smallest absolute Gasteiger partial charge is 0.412 e. The number of hydrogen-bond acceptors (Lipinski definition) is 7. The molecular formula is C21H27N3O7. The van der Waals surface area contributed by atoms with Gasteiger partial charge in [-0.15, -0.1) is 0 Å². The number of Topliss-reactive ketones (excluding diaryl/α,β-unsaturated/α-hetero) is 1. The number of ether oxygens (including phenoxy) is 2. The van der Waals surface area contributed by atoms with Crippen molar-refractivity contribution in [3.8, 4) is 0 Å². The number of carbonyl (C=O) groups excluding carboxylic acids is 3. The van der Waals surface area contributed by atoms with Crippen LogP contribution in [-0.4, -0.2) is 72.0 Å². The molecule has 3 N–H and O–H groups in total. The van der Waals surface area contributed by atoms with Gasteiger partial charge in [-0.25, -0.2) is 9.59 Å². The summed E-state index contributed by atoms with van der Waals surface area (Å²) in [6, 6.07) is 6.20. The van der Waals surface area contributed by atoms with E-state index in [1.807, 2.05) is 0 Å². The Morgan fingerprint density at radius 3 is 2.29 bits per heavy atom. The Morgan fingerprint density at radius 1 is 1.10 bits per heavy atom. The van der Waals surface area contributed by atoms with Gasteiger partial charge in [0.15, 0.2) is 5.78 Å². The Morgan fingerprint density at radius 2 is 1.71 bits per heavy atom. The first-order chi connectivity index (χ1) is 14.8. The maximum Gasteiger partial charge on any atom is 0.412 e. The summed E-state index contributed by atoms with van der Waals surface area (Å²) in [6.07, 6.45) is 0.398. The molecule has 0 spiro atoms. The molecule has 1 aliphatic rings. The van der Waals surface area contributed by atoms with Crippen LogP contribution in [0.5, 0.6) is 0 Å². The largest absolute Gasteiger partial charge is 0.480 e. The van der Waals surface area contributed by atoms with Crippen LogP contribution in [0.3, 0.4) is 0 Å². The summed E-state index contributed by atoms with van der Waals surface area (Å²) in [4.78, 5) is 48.3. The summed E-state index contributed by atoms with van der Waals surface area (Å²) < 4.78 is 9.97. The van der Waals surface area contributed by atoms with Crippen LogP contribution >= 0.6 is 0 Å². The molecule has 10 nitrogen and oxygen atoms in total. The molecule has 0 bridgehead atoms. The second kappa shape index (κ2) is 11.8.